The third-order valence-corrected chi connectivity index (χ3v) is 3.66. The van der Waals surface area contributed by atoms with E-state index >= 15 is 0 Å². The van der Waals surface area contributed by atoms with Gasteiger partial charge in [0, 0.05) is 26.2 Å². The van der Waals surface area contributed by atoms with Gasteiger partial charge in [0.25, 0.3) is 0 Å². The standard InChI is InChI=1S/C14H18N4O3/c15-11-12-3-1-4-13(14(12)18(20)21)17-6-2-5-16(7-8-17)9-10-19/h1,3-4,19H,2,5-10H2. The van der Waals surface area contributed by atoms with Crippen LogP contribution >= 0.6 is 0 Å². The fourth-order valence-electron chi connectivity index (χ4n) is 2.65. The van der Waals surface area contributed by atoms with Crippen molar-refractivity contribution >= 4 is 11.4 Å². The molecule has 1 heterocycles. The van der Waals surface area contributed by atoms with Gasteiger partial charge in [0.05, 0.1) is 11.5 Å². The van der Waals surface area contributed by atoms with E-state index in [9.17, 15) is 10.1 Å². The molecule has 0 bridgehead atoms. The van der Waals surface area contributed by atoms with Crippen LogP contribution in [0.2, 0.25) is 0 Å². The van der Waals surface area contributed by atoms with E-state index in [-0.39, 0.29) is 17.9 Å². The second-order valence-corrected chi connectivity index (χ2v) is 4.95. The second kappa shape index (κ2) is 7.02. The third-order valence-electron chi connectivity index (χ3n) is 3.66. The molecule has 21 heavy (non-hydrogen) atoms. The van der Waals surface area contributed by atoms with E-state index in [1.165, 1.54) is 6.07 Å². The van der Waals surface area contributed by atoms with E-state index in [0.29, 0.717) is 25.3 Å². The van der Waals surface area contributed by atoms with Crippen molar-refractivity contribution < 1.29 is 10.0 Å². The first-order chi connectivity index (χ1) is 10.2. The summed E-state index contributed by atoms with van der Waals surface area (Å²) in [6.45, 7) is 3.70. The molecular formula is C14H18N4O3. The Morgan fingerprint density at radius 3 is 2.81 bits per heavy atom. The molecule has 112 valence electrons. The first-order valence-corrected chi connectivity index (χ1v) is 6.93. The average Bonchev–Trinajstić information content (AvgIpc) is 2.72. The van der Waals surface area contributed by atoms with E-state index < -0.39 is 4.92 Å². The van der Waals surface area contributed by atoms with Crippen LogP contribution in [0, 0.1) is 21.4 Å². The minimum Gasteiger partial charge on any atom is -0.395 e. The van der Waals surface area contributed by atoms with Crippen LogP contribution in [0.3, 0.4) is 0 Å². The molecule has 0 unspecified atom stereocenters. The van der Waals surface area contributed by atoms with Crippen molar-refractivity contribution in [1.29, 1.82) is 5.26 Å². The SMILES string of the molecule is N#Cc1cccc(N2CCCN(CCO)CC2)c1[N+](=O)[O-]. The average molecular weight is 290 g/mol. The van der Waals surface area contributed by atoms with Crippen LogP contribution in [0.15, 0.2) is 18.2 Å². The molecule has 0 aliphatic carbocycles. The second-order valence-electron chi connectivity index (χ2n) is 4.95. The summed E-state index contributed by atoms with van der Waals surface area (Å²) in [4.78, 5) is 14.9. The molecule has 0 radical (unpaired) electrons. The van der Waals surface area contributed by atoms with Gasteiger partial charge in [-0.25, -0.2) is 0 Å². The number of anilines is 1. The molecule has 1 aromatic rings. The van der Waals surface area contributed by atoms with Crippen LogP contribution in [0.25, 0.3) is 0 Å². The summed E-state index contributed by atoms with van der Waals surface area (Å²) in [6.07, 6.45) is 0.869. The molecule has 1 N–H and O–H groups in total. The van der Waals surface area contributed by atoms with Crippen molar-refractivity contribution in [2.75, 3.05) is 44.2 Å². The molecule has 1 saturated heterocycles. The smallest absolute Gasteiger partial charge is 0.310 e. The van der Waals surface area contributed by atoms with Gasteiger partial charge in [-0.05, 0) is 25.1 Å². The minimum absolute atomic E-state index is 0.0916. The molecule has 1 aromatic carbocycles. The summed E-state index contributed by atoms with van der Waals surface area (Å²) < 4.78 is 0. The Balaban J connectivity index is 2.26. The Labute approximate surface area is 123 Å². The van der Waals surface area contributed by atoms with Crippen LogP contribution < -0.4 is 4.90 Å². The lowest BCUT2D eigenvalue weighted by Gasteiger charge is -2.23. The zero-order valence-corrected chi connectivity index (χ0v) is 11.7. The monoisotopic (exact) mass is 290 g/mol. The van der Waals surface area contributed by atoms with Crippen LogP contribution in [-0.4, -0.2) is 54.3 Å². The van der Waals surface area contributed by atoms with Gasteiger partial charge in [0.1, 0.15) is 17.3 Å². The number of aliphatic hydroxyl groups is 1. The van der Waals surface area contributed by atoms with Crippen molar-refractivity contribution in [3.05, 3.63) is 33.9 Å². The van der Waals surface area contributed by atoms with Gasteiger partial charge in [-0.2, -0.15) is 5.26 Å². The number of β-amino-alcohol motifs (C(OH)–C–C–N with tert-alkyl or cyclic N) is 1. The fourth-order valence-corrected chi connectivity index (χ4v) is 2.65. The van der Waals surface area contributed by atoms with Crippen molar-refractivity contribution in [3.8, 4) is 6.07 Å². The van der Waals surface area contributed by atoms with E-state index in [0.717, 1.165) is 19.5 Å². The van der Waals surface area contributed by atoms with Gasteiger partial charge in [-0.1, -0.05) is 6.07 Å². The van der Waals surface area contributed by atoms with E-state index in [2.05, 4.69) is 4.90 Å². The van der Waals surface area contributed by atoms with Crippen LogP contribution in [0.5, 0.6) is 0 Å². The molecule has 0 amide bonds. The van der Waals surface area contributed by atoms with Gasteiger partial charge < -0.3 is 10.0 Å². The highest BCUT2D eigenvalue weighted by Gasteiger charge is 2.25. The van der Waals surface area contributed by atoms with Gasteiger partial charge in [0.2, 0.25) is 0 Å². The van der Waals surface area contributed by atoms with Crippen LogP contribution in [-0.2, 0) is 0 Å². The van der Waals surface area contributed by atoms with Gasteiger partial charge in [0.15, 0.2) is 0 Å². The molecule has 1 fully saturated rings. The third kappa shape index (κ3) is 3.48. The molecule has 7 heteroatoms. The van der Waals surface area contributed by atoms with Crippen molar-refractivity contribution in [1.82, 2.24) is 4.90 Å². The van der Waals surface area contributed by atoms with E-state index in [4.69, 9.17) is 10.4 Å². The summed E-state index contributed by atoms with van der Waals surface area (Å²) >= 11 is 0. The molecule has 1 aliphatic heterocycles. The lowest BCUT2D eigenvalue weighted by molar-refractivity contribution is -0.384. The van der Waals surface area contributed by atoms with E-state index in [1.807, 2.05) is 11.0 Å². The number of para-hydroxylation sites is 1. The molecule has 1 aliphatic rings. The van der Waals surface area contributed by atoms with Gasteiger partial charge in [-0.15, -0.1) is 0 Å². The predicted molar refractivity (Wildman–Crippen MR) is 78.2 cm³/mol. The quantitative estimate of drug-likeness (QED) is 0.656. The summed E-state index contributed by atoms with van der Waals surface area (Å²) in [5.74, 6) is 0. The highest BCUT2D eigenvalue weighted by molar-refractivity contribution is 5.69. The predicted octanol–water partition coefficient (Wildman–Crippen LogP) is 0.971. The van der Waals surface area contributed by atoms with Crippen molar-refractivity contribution in [2.24, 2.45) is 0 Å². The van der Waals surface area contributed by atoms with Crippen LogP contribution in [0.1, 0.15) is 12.0 Å². The maximum Gasteiger partial charge on any atom is 0.310 e. The largest absolute Gasteiger partial charge is 0.395 e. The molecule has 7 nitrogen and oxygen atoms in total. The number of nitrogens with zero attached hydrogens (tertiary/aromatic N) is 4. The van der Waals surface area contributed by atoms with Crippen molar-refractivity contribution in [3.63, 3.8) is 0 Å². The highest BCUT2D eigenvalue weighted by atomic mass is 16.6. The zero-order chi connectivity index (χ0) is 15.2. The Hall–Kier alpha value is -2.17. The molecule has 0 saturated carbocycles. The highest BCUT2D eigenvalue weighted by Crippen LogP contribution is 2.31. The van der Waals surface area contributed by atoms with Crippen LogP contribution in [0.4, 0.5) is 11.4 Å². The van der Waals surface area contributed by atoms with Gasteiger partial charge >= 0.3 is 5.69 Å². The number of hydrogen-bond donors (Lipinski definition) is 1. The molecule has 0 spiro atoms. The fraction of sp³-hybridized carbons (Fsp3) is 0.500. The maximum absolute atomic E-state index is 11.3. The van der Waals surface area contributed by atoms with E-state index in [1.54, 1.807) is 12.1 Å². The topological polar surface area (TPSA) is 93.6 Å². The number of benzene rings is 1. The number of nitriles is 1. The number of hydrogen-bond acceptors (Lipinski definition) is 6. The first kappa shape index (κ1) is 15.2. The number of nitro groups is 1. The lowest BCUT2D eigenvalue weighted by Crippen LogP contribution is -2.32. The maximum atomic E-state index is 11.3. The summed E-state index contributed by atoms with van der Waals surface area (Å²) in [6, 6.07) is 6.73. The number of rotatable bonds is 4. The van der Waals surface area contributed by atoms with Crippen molar-refractivity contribution in [2.45, 2.75) is 6.42 Å². The number of aliphatic hydroxyl groups excluding tert-OH is 1. The summed E-state index contributed by atoms with van der Waals surface area (Å²) in [5.41, 5.74) is 0.481. The molecule has 0 atom stereocenters. The molecule has 0 aromatic heterocycles. The van der Waals surface area contributed by atoms with Gasteiger partial charge in [-0.3, -0.25) is 15.0 Å². The first-order valence-electron chi connectivity index (χ1n) is 6.93. The summed E-state index contributed by atoms with van der Waals surface area (Å²) in [7, 11) is 0. The Kier molecular flexibility index (Phi) is 5.09. The number of nitro benzene ring substituents is 1. The minimum atomic E-state index is -0.482. The normalized spacial score (nSPS) is 16.3. The Morgan fingerprint density at radius 2 is 2.14 bits per heavy atom. The Morgan fingerprint density at radius 1 is 1.33 bits per heavy atom. The molecular weight excluding hydrogens is 272 g/mol. The summed E-state index contributed by atoms with van der Waals surface area (Å²) in [5, 5.41) is 29.3. The Bertz CT molecular complexity index is 556. The molecule has 2 rings (SSSR count). The zero-order valence-electron chi connectivity index (χ0n) is 11.7. The lowest BCUT2D eigenvalue weighted by atomic mass is 10.1.